The van der Waals surface area contributed by atoms with Crippen LogP contribution in [0.4, 0.5) is 5.69 Å². The van der Waals surface area contributed by atoms with Crippen molar-refractivity contribution in [1.29, 1.82) is 0 Å². The highest BCUT2D eigenvalue weighted by Crippen LogP contribution is 2.23. The number of nitrogens with one attached hydrogen (secondary N) is 1. The zero-order valence-electron chi connectivity index (χ0n) is 11.5. The summed E-state index contributed by atoms with van der Waals surface area (Å²) < 4.78 is 5.39. The maximum Gasteiger partial charge on any atom is 0.274 e. The Morgan fingerprint density at radius 2 is 2.19 bits per heavy atom. The molecule has 1 aromatic heterocycles. The van der Waals surface area contributed by atoms with Crippen molar-refractivity contribution in [3.63, 3.8) is 0 Å². The summed E-state index contributed by atoms with van der Waals surface area (Å²) in [6, 6.07) is 8.22. The van der Waals surface area contributed by atoms with E-state index in [-0.39, 0.29) is 18.2 Å². The van der Waals surface area contributed by atoms with Gasteiger partial charge in [-0.3, -0.25) is 4.79 Å². The zero-order valence-corrected chi connectivity index (χ0v) is 12.2. The van der Waals surface area contributed by atoms with E-state index < -0.39 is 0 Å². The van der Waals surface area contributed by atoms with Crippen LogP contribution in [0.15, 0.2) is 36.5 Å². The molecule has 0 fully saturated rings. The smallest absolute Gasteiger partial charge is 0.274 e. The number of nitrogens with zero attached hydrogens (tertiary/aromatic N) is 1. The van der Waals surface area contributed by atoms with Gasteiger partial charge in [0, 0.05) is 17.4 Å². The largest absolute Gasteiger partial charge is 0.494 e. The Hall–Kier alpha value is -2.11. The number of pyridine rings is 1. The second-order valence-corrected chi connectivity index (χ2v) is 4.67. The molecule has 0 unspecified atom stereocenters. The number of amides is 1. The average molecular weight is 307 g/mol. The van der Waals surface area contributed by atoms with E-state index in [1.165, 1.54) is 6.20 Å². The Bertz CT molecular complexity index is 629. The molecule has 1 amide bonds. The molecule has 0 saturated carbocycles. The minimum atomic E-state index is -0.347. The number of hydrogen-bond acceptors (Lipinski definition) is 4. The van der Waals surface area contributed by atoms with Crippen molar-refractivity contribution in [2.24, 2.45) is 0 Å². The van der Waals surface area contributed by atoms with E-state index in [1.54, 1.807) is 30.3 Å². The van der Waals surface area contributed by atoms with E-state index in [2.05, 4.69) is 10.3 Å². The van der Waals surface area contributed by atoms with Gasteiger partial charge in [0.15, 0.2) is 0 Å². The Morgan fingerprint density at radius 3 is 2.81 bits per heavy atom. The molecule has 21 heavy (non-hydrogen) atoms. The Morgan fingerprint density at radius 1 is 1.38 bits per heavy atom. The molecule has 0 radical (unpaired) electrons. The summed E-state index contributed by atoms with van der Waals surface area (Å²) in [5.41, 5.74) is 1.43. The van der Waals surface area contributed by atoms with Crippen LogP contribution < -0.4 is 10.1 Å². The second-order valence-electron chi connectivity index (χ2n) is 4.23. The molecule has 0 aliphatic rings. The van der Waals surface area contributed by atoms with Crippen molar-refractivity contribution >= 4 is 23.2 Å². The predicted octanol–water partition coefficient (Wildman–Crippen LogP) is 2.88. The molecular formula is C15H15ClN2O3. The lowest BCUT2D eigenvalue weighted by Crippen LogP contribution is -2.13. The van der Waals surface area contributed by atoms with Gasteiger partial charge in [0.25, 0.3) is 5.91 Å². The molecule has 6 heteroatoms. The number of aromatic nitrogens is 1. The number of anilines is 1. The molecule has 0 bridgehead atoms. The van der Waals surface area contributed by atoms with Crippen LogP contribution in [0.5, 0.6) is 5.75 Å². The quantitative estimate of drug-likeness (QED) is 0.891. The maximum absolute atomic E-state index is 12.0. The molecule has 0 aliphatic heterocycles. The Kier molecular flexibility index (Phi) is 5.14. The first-order valence-electron chi connectivity index (χ1n) is 6.43. The minimum Gasteiger partial charge on any atom is -0.494 e. The number of aliphatic hydroxyl groups excluding tert-OH is 1. The van der Waals surface area contributed by atoms with Crippen LogP contribution in [0, 0.1) is 0 Å². The first kappa shape index (κ1) is 15.3. The van der Waals surface area contributed by atoms with E-state index in [4.69, 9.17) is 16.3 Å². The van der Waals surface area contributed by atoms with Gasteiger partial charge in [0.05, 0.1) is 18.2 Å². The highest BCUT2D eigenvalue weighted by Gasteiger charge is 2.10. The van der Waals surface area contributed by atoms with Gasteiger partial charge in [-0.05, 0) is 37.3 Å². The number of aliphatic hydroxyl groups is 1. The molecule has 2 aromatic rings. The number of benzene rings is 1. The lowest BCUT2D eigenvalue weighted by Gasteiger charge is -2.11. The summed E-state index contributed by atoms with van der Waals surface area (Å²) >= 11 is 5.73. The first-order chi connectivity index (χ1) is 10.1. The molecule has 2 rings (SSSR count). The van der Waals surface area contributed by atoms with Crippen LogP contribution in [-0.2, 0) is 6.61 Å². The molecule has 1 aromatic carbocycles. The zero-order chi connectivity index (χ0) is 15.2. The molecular weight excluding hydrogens is 292 g/mol. The fourth-order valence-corrected chi connectivity index (χ4v) is 1.89. The van der Waals surface area contributed by atoms with Crippen molar-refractivity contribution in [3.05, 3.63) is 52.8 Å². The van der Waals surface area contributed by atoms with E-state index in [0.29, 0.717) is 28.6 Å². The summed E-state index contributed by atoms with van der Waals surface area (Å²) in [5.74, 6) is 0.252. The van der Waals surface area contributed by atoms with Crippen molar-refractivity contribution in [3.8, 4) is 5.75 Å². The number of halogens is 1. The van der Waals surface area contributed by atoms with E-state index in [0.717, 1.165) is 0 Å². The number of carbonyl (C=O) groups is 1. The molecule has 0 saturated heterocycles. The van der Waals surface area contributed by atoms with Gasteiger partial charge in [-0.1, -0.05) is 11.6 Å². The van der Waals surface area contributed by atoms with Crippen LogP contribution in [0.3, 0.4) is 0 Å². The van der Waals surface area contributed by atoms with Crippen molar-refractivity contribution in [1.82, 2.24) is 4.98 Å². The highest BCUT2D eigenvalue weighted by atomic mass is 35.5. The molecule has 1 heterocycles. The topological polar surface area (TPSA) is 71.5 Å². The first-order valence-corrected chi connectivity index (χ1v) is 6.81. The average Bonchev–Trinajstić information content (AvgIpc) is 2.49. The second kappa shape index (κ2) is 7.06. The van der Waals surface area contributed by atoms with Gasteiger partial charge in [-0.2, -0.15) is 0 Å². The molecule has 0 spiro atoms. The molecule has 110 valence electrons. The molecule has 0 aliphatic carbocycles. The van der Waals surface area contributed by atoms with E-state index in [1.807, 2.05) is 6.92 Å². The number of ether oxygens (including phenoxy) is 1. The summed E-state index contributed by atoms with van der Waals surface area (Å²) in [6.07, 6.45) is 1.41. The van der Waals surface area contributed by atoms with Gasteiger partial charge in [-0.25, -0.2) is 4.98 Å². The Labute approximate surface area is 127 Å². The number of rotatable bonds is 5. The lowest BCUT2D eigenvalue weighted by atomic mass is 10.2. The van der Waals surface area contributed by atoms with Gasteiger partial charge in [-0.15, -0.1) is 0 Å². The third-order valence-corrected chi connectivity index (χ3v) is 2.97. The van der Waals surface area contributed by atoms with Crippen LogP contribution in [-0.4, -0.2) is 22.6 Å². The summed E-state index contributed by atoms with van der Waals surface area (Å²) in [7, 11) is 0. The summed E-state index contributed by atoms with van der Waals surface area (Å²) in [5, 5.41) is 12.5. The van der Waals surface area contributed by atoms with Crippen LogP contribution in [0.1, 0.15) is 23.0 Å². The van der Waals surface area contributed by atoms with E-state index >= 15 is 0 Å². The number of hydrogen-bond donors (Lipinski definition) is 2. The SMILES string of the molecule is CCOc1ccc(NC(=O)c2ccc(Cl)cn2)cc1CO. The van der Waals surface area contributed by atoms with E-state index in [9.17, 15) is 9.90 Å². The third kappa shape index (κ3) is 3.93. The lowest BCUT2D eigenvalue weighted by molar-refractivity contribution is 0.102. The standard InChI is InChI=1S/C15H15ClN2O3/c1-2-21-14-6-4-12(7-10(14)9-19)18-15(20)13-5-3-11(16)8-17-13/h3-8,19H,2,9H2,1H3,(H,18,20). The highest BCUT2D eigenvalue weighted by molar-refractivity contribution is 6.30. The summed E-state index contributed by atoms with van der Waals surface area (Å²) in [6.45, 7) is 2.20. The van der Waals surface area contributed by atoms with Crippen molar-refractivity contribution in [2.45, 2.75) is 13.5 Å². The molecule has 5 nitrogen and oxygen atoms in total. The van der Waals surface area contributed by atoms with Crippen LogP contribution >= 0.6 is 11.6 Å². The molecule has 2 N–H and O–H groups in total. The van der Waals surface area contributed by atoms with Crippen LogP contribution in [0.25, 0.3) is 0 Å². The fraction of sp³-hybridized carbons (Fsp3) is 0.200. The normalized spacial score (nSPS) is 10.2. The van der Waals surface area contributed by atoms with Gasteiger partial charge in [0.2, 0.25) is 0 Å². The predicted molar refractivity (Wildman–Crippen MR) is 80.7 cm³/mol. The monoisotopic (exact) mass is 306 g/mol. The van der Waals surface area contributed by atoms with Crippen molar-refractivity contribution < 1.29 is 14.6 Å². The maximum atomic E-state index is 12.0. The van der Waals surface area contributed by atoms with Gasteiger partial charge >= 0.3 is 0 Å². The van der Waals surface area contributed by atoms with Gasteiger partial charge in [0.1, 0.15) is 11.4 Å². The fourth-order valence-electron chi connectivity index (χ4n) is 1.78. The van der Waals surface area contributed by atoms with Crippen LogP contribution in [0.2, 0.25) is 5.02 Å². The summed E-state index contributed by atoms with van der Waals surface area (Å²) in [4.78, 5) is 16.0. The third-order valence-electron chi connectivity index (χ3n) is 2.75. The van der Waals surface area contributed by atoms with Gasteiger partial charge < -0.3 is 15.2 Å². The minimum absolute atomic E-state index is 0.168. The Balaban J connectivity index is 2.15. The molecule has 0 atom stereocenters. The van der Waals surface area contributed by atoms with Crippen molar-refractivity contribution in [2.75, 3.05) is 11.9 Å². The number of carbonyl (C=O) groups excluding carboxylic acids is 1.